The first-order valence-electron chi connectivity index (χ1n) is 9.41. The van der Waals surface area contributed by atoms with Gasteiger partial charge in [0.25, 0.3) is 0 Å². The molecule has 1 atom stereocenters. The molecule has 3 heterocycles. The van der Waals surface area contributed by atoms with E-state index in [9.17, 15) is 24.2 Å². The van der Waals surface area contributed by atoms with Gasteiger partial charge >= 0.3 is 59.1 Å². The van der Waals surface area contributed by atoms with Gasteiger partial charge in [-0.1, -0.05) is 5.21 Å². The van der Waals surface area contributed by atoms with E-state index in [-0.39, 0.29) is 70.6 Å². The van der Waals surface area contributed by atoms with Crippen molar-refractivity contribution < 1.29 is 83.3 Å². The van der Waals surface area contributed by atoms with Crippen molar-refractivity contribution in [2.45, 2.75) is 12.5 Å². The van der Waals surface area contributed by atoms with Crippen LogP contribution in [0.1, 0.15) is 12.5 Å². The fourth-order valence-corrected chi connectivity index (χ4v) is 3.35. The maximum Gasteiger partial charge on any atom is 1.00 e. The van der Waals surface area contributed by atoms with Crippen LogP contribution in [0.2, 0.25) is 0 Å². The van der Waals surface area contributed by atoms with Gasteiger partial charge in [-0.3, -0.25) is 4.98 Å². The van der Waals surface area contributed by atoms with Gasteiger partial charge in [0.1, 0.15) is 11.5 Å². The van der Waals surface area contributed by atoms with Crippen molar-refractivity contribution in [3.8, 4) is 34.0 Å². The average molecular weight is 480 g/mol. The molecule has 0 unspecified atom stereocenters. The van der Waals surface area contributed by atoms with E-state index in [0.717, 1.165) is 10.2 Å². The zero-order chi connectivity index (χ0) is 22.8. The molecule has 0 N–H and O–H groups in total. The molecule has 0 saturated carbocycles. The van der Waals surface area contributed by atoms with Crippen LogP contribution in [-0.4, -0.2) is 41.5 Å². The Hall–Kier alpha value is -2.41. The first-order chi connectivity index (χ1) is 15.3. The van der Waals surface area contributed by atoms with Gasteiger partial charge < -0.3 is 24.4 Å². The summed E-state index contributed by atoms with van der Waals surface area (Å²) in [6.45, 7) is 0. The molecule has 0 aliphatic carbocycles. The number of imidazole rings is 1. The molecule has 4 rings (SSSR count). The smallest absolute Gasteiger partial charge is 0.550 e. The van der Waals surface area contributed by atoms with E-state index in [1.54, 1.807) is 48.3 Å². The van der Waals surface area contributed by atoms with Gasteiger partial charge in [-0.2, -0.15) is 0 Å². The normalized spacial score (nSPS) is 11.2. The van der Waals surface area contributed by atoms with Crippen LogP contribution in [-0.2, 0) is 16.6 Å². The van der Waals surface area contributed by atoms with Gasteiger partial charge in [-0.15, -0.1) is 5.10 Å². The minimum absolute atomic E-state index is 0. The first kappa shape index (κ1) is 27.8. The second-order valence-corrected chi connectivity index (χ2v) is 6.93. The summed E-state index contributed by atoms with van der Waals surface area (Å²) < 4.78 is 16.1. The molecule has 0 fully saturated rings. The molecule has 10 nitrogen and oxygen atoms in total. The third kappa shape index (κ3) is 5.80. The molecule has 0 saturated heterocycles. The Morgan fingerprint density at radius 2 is 1.68 bits per heavy atom. The average Bonchev–Trinajstić information content (AvgIpc) is 3.37. The predicted octanol–water partition coefficient (Wildman–Crippen LogP) is -6.01. The molecule has 34 heavy (non-hydrogen) atoms. The maximum absolute atomic E-state index is 13.5. The molecule has 0 aliphatic heterocycles. The summed E-state index contributed by atoms with van der Waals surface area (Å²) >= 11 is 0. The molecular formula is C21H15FN6Na2O4. The van der Waals surface area contributed by atoms with E-state index in [1.165, 1.54) is 18.3 Å². The molecule has 4 aromatic rings. The van der Waals surface area contributed by atoms with Crippen LogP contribution in [0.3, 0.4) is 0 Å². The van der Waals surface area contributed by atoms with E-state index in [0.29, 0.717) is 22.8 Å². The van der Waals surface area contributed by atoms with Crippen LogP contribution in [0.4, 0.5) is 4.39 Å². The Bertz CT molecular complexity index is 1290. The predicted molar refractivity (Wildman–Crippen MR) is 105 cm³/mol. The van der Waals surface area contributed by atoms with Crippen molar-refractivity contribution in [3.63, 3.8) is 0 Å². The number of hydrogen-bond donors (Lipinski definition) is 0. The standard InChI is InChI=1S/C21H17FN6O4.2Na/c1-27-19(13-6-8-23-9-7-13)18(12-2-4-14(22)5-3-12)24-20(27)15-11-28(26-25-15)16(21(31)32)10-17(29)30;;/h2-9,11,16H,10H2,1H3,(H,29,30)(H,31,32);;/q;2*+1/p-2/t16-;;/m0../s1. The molecule has 1 aromatic carbocycles. The summed E-state index contributed by atoms with van der Waals surface area (Å²) in [7, 11) is 1.74. The molecule has 3 aromatic heterocycles. The number of benzene rings is 1. The summed E-state index contributed by atoms with van der Waals surface area (Å²) in [6.07, 6.45) is 3.69. The minimum Gasteiger partial charge on any atom is -0.550 e. The molecule has 0 radical (unpaired) electrons. The summed E-state index contributed by atoms with van der Waals surface area (Å²) in [6, 6.07) is 7.82. The van der Waals surface area contributed by atoms with Crippen LogP contribution in [0.25, 0.3) is 34.0 Å². The number of rotatable bonds is 7. The number of hydrogen-bond acceptors (Lipinski definition) is 8. The van der Waals surface area contributed by atoms with E-state index in [1.807, 2.05) is 0 Å². The van der Waals surface area contributed by atoms with Crippen molar-refractivity contribution >= 4 is 11.9 Å². The number of aliphatic carboxylic acids is 2. The number of carboxylic acids is 2. The Labute approximate surface area is 237 Å². The molecule has 0 bridgehead atoms. The molecular weight excluding hydrogens is 465 g/mol. The quantitative estimate of drug-likeness (QED) is 0.238. The van der Waals surface area contributed by atoms with Crippen LogP contribution in [0, 0.1) is 5.82 Å². The number of carbonyl (C=O) groups is 2. The molecule has 0 aliphatic rings. The van der Waals surface area contributed by atoms with Crippen molar-refractivity contribution in [2.75, 3.05) is 0 Å². The number of carboxylic acid groups (broad SMARTS) is 2. The summed E-state index contributed by atoms with van der Waals surface area (Å²) in [5, 5.41) is 30.0. The van der Waals surface area contributed by atoms with Gasteiger partial charge in [-0.05, 0) is 36.4 Å². The largest absolute Gasteiger partial charge is 1.00 e. The number of carbonyl (C=O) groups excluding carboxylic acids is 2. The van der Waals surface area contributed by atoms with Crippen LogP contribution in [0.5, 0.6) is 0 Å². The topological polar surface area (TPSA) is 142 Å². The van der Waals surface area contributed by atoms with Gasteiger partial charge in [0.05, 0.1) is 29.6 Å². The van der Waals surface area contributed by atoms with E-state index < -0.39 is 24.4 Å². The van der Waals surface area contributed by atoms with E-state index >= 15 is 0 Å². The van der Waals surface area contributed by atoms with Gasteiger partial charge in [0, 0.05) is 43.0 Å². The summed E-state index contributed by atoms with van der Waals surface area (Å²) in [5.41, 5.74) is 2.87. The van der Waals surface area contributed by atoms with Crippen LogP contribution >= 0.6 is 0 Å². The van der Waals surface area contributed by atoms with Crippen molar-refractivity contribution in [2.24, 2.45) is 7.05 Å². The molecule has 0 amide bonds. The third-order valence-electron chi connectivity index (χ3n) is 4.86. The van der Waals surface area contributed by atoms with Crippen LogP contribution < -0.4 is 69.3 Å². The van der Waals surface area contributed by atoms with Crippen LogP contribution in [0.15, 0.2) is 55.0 Å². The second kappa shape index (κ2) is 11.8. The van der Waals surface area contributed by atoms with Crippen molar-refractivity contribution in [3.05, 3.63) is 60.8 Å². The fraction of sp³-hybridized carbons (Fsp3) is 0.143. The SMILES string of the molecule is Cn1c(-c2cn([C@@H](CC(=O)[O-])C(=O)[O-])nn2)nc(-c2ccc(F)cc2)c1-c1ccncc1.[Na+].[Na+]. The minimum atomic E-state index is -1.63. The molecule has 162 valence electrons. The molecule has 0 spiro atoms. The Morgan fingerprint density at radius 3 is 2.26 bits per heavy atom. The number of aromatic nitrogens is 6. The summed E-state index contributed by atoms with van der Waals surface area (Å²) in [5.74, 6) is -3.24. The Morgan fingerprint density at radius 1 is 1.03 bits per heavy atom. The Kier molecular flexibility index (Phi) is 9.68. The summed E-state index contributed by atoms with van der Waals surface area (Å²) in [4.78, 5) is 30.9. The Balaban J connectivity index is 0.00000204. The maximum atomic E-state index is 13.5. The number of nitrogens with zero attached hydrogens (tertiary/aromatic N) is 6. The van der Waals surface area contributed by atoms with Gasteiger partial charge in [-0.25, -0.2) is 14.1 Å². The van der Waals surface area contributed by atoms with E-state index in [4.69, 9.17) is 0 Å². The zero-order valence-corrected chi connectivity index (χ0v) is 22.7. The zero-order valence-electron chi connectivity index (χ0n) is 18.7. The third-order valence-corrected chi connectivity index (χ3v) is 4.86. The number of pyridine rings is 1. The second-order valence-electron chi connectivity index (χ2n) is 6.93. The van der Waals surface area contributed by atoms with Crippen molar-refractivity contribution in [1.82, 2.24) is 29.5 Å². The monoisotopic (exact) mass is 480 g/mol. The van der Waals surface area contributed by atoms with Crippen molar-refractivity contribution in [1.29, 1.82) is 0 Å². The molecule has 13 heteroatoms. The first-order valence-corrected chi connectivity index (χ1v) is 9.41. The fourth-order valence-electron chi connectivity index (χ4n) is 3.35. The van der Waals surface area contributed by atoms with Gasteiger partial charge in [0.2, 0.25) is 0 Å². The number of halogens is 1. The van der Waals surface area contributed by atoms with Gasteiger partial charge in [0.15, 0.2) is 5.82 Å². The van der Waals surface area contributed by atoms with E-state index in [2.05, 4.69) is 20.3 Å².